The molecule has 0 saturated carbocycles. The van der Waals surface area contributed by atoms with Gasteiger partial charge in [-0.05, 0) is 43.3 Å². The van der Waals surface area contributed by atoms with Crippen LogP contribution in [0, 0.1) is 6.92 Å². The Kier molecular flexibility index (Phi) is 14.0. The second-order valence-electron chi connectivity index (χ2n) is 7.59. The van der Waals surface area contributed by atoms with Crippen LogP contribution < -0.4 is 10.1 Å². The van der Waals surface area contributed by atoms with Crippen LogP contribution in [0.4, 0.5) is 5.69 Å². The number of ether oxygens (including phenoxy) is 5. The first-order chi connectivity index (χ1) is 17.4. The van der Waals surface area contributed by atoms with Crippen LogP contribution in [0.1, 0.15) is 12.5 Å². The maximum absolute atomic E-state index is 12.0. The molecule has 0 aliphatic carbocycles. The summed E-state index contributed by atoms with van der Waals surface area (Å²) >= 11 is 0. The number of hydrogen-bond acceptors (Lipinski definition) is 9. The fraction of sp³-hybridized carbons (Fsp3) is 0.480. The molecule has 1 N–H and O–H groups in total. The summed E-state index contributed by atoms with van der Waals surface area (Å²) in [6.45, 7) is 6.69. The van der Waals surface area contributed by atoms with Gasteiger partial charge in [0.1, 0.15) is 12.4 Å². The molecule has 10 nitrogen and oxygen atoms in total. The largest absolute Gasteiger partial charge is 0.491 e. The Morgan fingerprint density at radius 2 is 1.17 bits per heavy atom. The molecule has 0 fully saturated rings. The van der Waals surface area contributed by atoms with E-state index in [1.807, 2.05) is 6.92 Å². The van der Waals surface area contributed by atoms with Crippen LogP contribution in [0.25, 0.3) is 0 Å². The number of carbonyl (C=O) groups excluding carboxylic acids is 1. The number of carbonyl (C=O) groups is 1. The molecule has 0 aromatic heterocycles. The van der Waals surface area contributed by atoms with Gasteiger partial charge in [-0.25, -0.2) is 0 Å². The molecule has 0 saturated heterocycles. The first-order valence-corrected chi connectivity index (χ1v) is 13.1. The van der Waals surface area contributed by atoms with Crippen molar-refractivity contribution in [3.05, 3.63) is 54.1 Å². The molecule has 200 valence electrons. The Morgan fingerprint density at radius 1 is 0.694 bits per heavy atom. The number of aryl methyl sites for hydroxylation is 1. The van der Waals surface area contributed by atoms with Crippen LogP contribution in [-0.2, 0) is 38.0 Å². The molecule has 2 aromatic carbocycles. The summed E-state index contributed by atoms with van der Waals surface area (Å²) < 4.78 is 56.2. The third-order valence-electron chi connectivity index (χ3n) is 4.56. The Hall–Kier alpha value is -2.54. The lowest BCUT2D eigenvalue weighted by Gasteiger charge is -2.09. The minimum atomic E-state index is -3.77. The zero-order chi connectivity index (χ0) is 26.1. The van der Waals surface area contributed by atoms with Gasteiger partial charge in [0.25, 0.3) is 10.1 Å². The molecule has 0 heterocycles. The zero-order valence-electron chi connectivity index (χ0n) is 20.8. The third-order valence-corrected chi connectivity index (χ3v) is 5.89. The van der Waals surface area contributed by atoms with E-state index in [-0.39, 0.29) is 24.0 Å². The summed E-state index contributed by atoms with van der Waals surface area (Å²) in [4.78, 5) is 11.1. The summed E-state index contributed by atoms with van der Waals surface area (Å²) in [6, 6.07) is 13.6. The SMILES string of the molecule is CC(=O)Nc1ccc(OCCOCCOCCOCCOCCOS(=O)(=O)c2ccc(C)cc2)cc1. The molecule has 0 unspecified atom stereocenters. The fourth-order valence-electron chi connectivity index (χ4n) is 2.79. The van der Waals surface area contributed by atoms with Crippen molar-refractivity contribution in [3.63, 3.8) is 0 Å². The molecule has 0 radical (unpaired) electrons. The van der Waals surface area contributed by atoms with Crippen LogP contribution >= 0.6 is 0 Å². The Morgan fingerprint density at radius 3 is 1.67 bits per heavy atom. The maximum Gasteiger partial charge on any atom is 0.297 e. The predicted molar refractivity (Wildman–Crippen MR) is 134 cm³/mol. The number of rotatable bonds is 19. The van der Waals surface area contributed by atoms with Gasteiger partial charge in [-0.2, -0.15) is 8.42 Å². The highest BCUT2D eigenvalue weighted by Crippen LogP contribution is 2.15. The number of anilines is 1. The molecule has 0 atom stereocenters. The number of benzene rings is 2. The van der Waals surface area contributed by atoms with Crippen molar-refractivity contribution in [2.24, 2.45) is 0 Å². The summed E-state index contributed by atoms with van der Waals surface area (Å²) in [7, 11) is -3.77. The van der Waals surface area contributed by atoms with E-state index in [1.165, 1.54) is 19.1 Å². The van der Waals surface area contributed by atoms with E-state index in [2.05, 4.69) is 5.32 Å². The summed E-state index contributed by atoms with van der Waals surface area (Å²) in [5, 5.41) is 2.69. The highest BCUT2D eigenvalue weighted by molar-refractivity contribution is 7.86. The normalized spacial score (nSPS) is 11.4. The third kappa shape index (κ3) is 13.0. The van der Waals surface area contributed by atoms with Gasteiger partial charge >= 0.3 is 0 Å². The Balaban J connectivity index is 1.34. The van der Waals surface area contributed by atoms with Crippen molar-refractivity contribution in [3.8, 4) is 5.75 Å². The average molecular weight is 526 g/mol. The van der Waals surface area contributed by atoms with Gasteiger partial charge in [-0.15, -0.1) is 0 Å². The fourth-order valence-corrected chi connectivity index (χ4v) is 3.69. The quantitative estimate of drug-likeness (QED) is 0.218. The standard InChI is InChI=1S/C25H35NO9S/c1-21-3-9-25(10-4-21)36(28,29)35-20-18-33-16-14-31-12-11-30-13-15-32-17-19-34-24-7-5-23(6-8-24)26-22(2)27/h3-10H,11-20H2,1-2H3,(H,26,27). The Bertz CT molecular complexity index is 980. The smallest absolute Gasteiger partial charge is 0.297 e. The topological polar surface area (TPSA) is 119 Å². The molecule has 0 aliphatic rings. The second-order valence-corrected chi connectivity index (χ2v) is 9.21. The van der Waals surface area contributed by atoms with Crippen molar-refractivity contribution in [1.29, 1.82) is 0 Å². The van der Waals surface area contributed by atoms with Gasteiger partial charge in [-0.1, -0.05) is 17.7 Å². The molecule has 0 aliphatic heterocycles. The number of hydrogen-bond donors (Lipinski definition) is 1. The van der Waals surface area contributed by atoms with Gasteiger partial charge < -0.3 is 29.0 Å². The van der Waals surface area contributed by atoms with E-state index in [0.29, 0.717) is 58.6 Å². The number of nitrogens with one attached hydrogen (secondary N) is 1. The molecule has 2 rings (SSSR count). The van der Waals surface area contributed by atoms with Crippen molar-refractivity contribution in [2.75, 3.05) is 71.4 Å². The Labute approximate surface area is 212 Å². The molecule has 0 bridgehead atoms. The first kappa shape index (κ1) is 29.7. The van der Waals surface area contributed by atoms with Crippen LogP contribution in [-0.4, -0.2) is 80.4 Å². The van der Waals surface area contributed by atoms with Crippen molar-refractivity contribution < 1.29 is 41.1 Å². The van der Waals surface area contributed by atoms with E-state index < -0.39 is 10.1 Å². The lowest BCUT2D eigenvalue weighted by atomic mass is 10.2. The van der Waals surface area contributed by atoms with E-state index in [1.54, 1.807) is 36.4 Å². The summed E-state index contributed by atoms with van der Waals surface area (Å²) in [6.07, 6.45) is 0. The van der Waals surface area contributed by atoms with Crippen LogP contribution in [0.3, 0.4) is 0 Å². The molecular formula is C25H35NO9S. The van der Waals surface area contributed by atoms with Gasteiger partial charge in [0, 0.05) is 12.6 Å². The number of amides is 1. The molecule has 11 heteroatoms. The van der Waals surface area contributed by atoms with Gasteiger partial charge in [0.15, 0.2) is 0 Å². The van der Waals surface area contributed by atoms with Gasteiger partial charge in [-0.3, -0.25) is 8.98 Å². The lowest BCUT2D eigenvalue weighted by Crippen LogP contribution is -2.15. The predicted octanol–water partition coefficient (Wildman–Crippen LogP) is 2.80. The highest BCUT2D eigenvalue weighted by atomic mass is 32.2. The molecule has 36 heavy (non-hydrogen) atoms. The van der Waals surface area contributed by atoms with Crippen LogP contribution in [0.2, 0.25) is 0 Å². The van der Waals surface area contributed by atoms with E-state index in [4.69, 9.17) is 27.9 Å². The van der Waals surface area contributed by atoms with Crippen LogP contribution in [0.15, 0.2) is 53.4 Å². The molecule has 1 amide bonds. The zero-order valence-corrected chi connectivity index (χ0v) is 21.6. The minimum absolute atomic E-state index is 0.0603. The van der Waals surface area contributed by atoms with E-state index in [0.717, 1.165) is 11.3 Å². The average Bonchev–Trinajstić information content (AvgIpc) is 2.84. The molecule has 0 spiro atoms. The van der Waals surface area contributed by atoms with Gasteiger partial charge in [0.05, 0.1) is 64.4 Å². The second kappa shape index (κ2) is 17.0. The summed E-state index contributed by atoms with van der Waals surface area (Å²) in [5.74, 6) is 0.581. The highest BCUT2D eigenvalue weighted by Gasteiger charge is 2.14. The monoisotopic (exact) mass is 525 g/mol. The van der Waals surface area contributed by atoms with Crippen molar-refractivity contribution in [2.45, 2.75) is 18.7 Å². The first-order valence-electron chi connectivity index (χ1n) is 11.6. The molecular weight excluding hydrogens is 490 g/mol. The van der Waals surface area contributed by atoms with E-state index >= 15 is 0 Å². The molecule has 2 aromatic rings. The van der Waals surface area contributed by atoms with E-state index in [9.17, 15) is 13.2 Å². The van der Waals surface area contributed by atoms with Crippen molar-refractivity contribution in [1.82, 2.24) is 0 Å². The van der Waals surface area contributed by atoms with Crippen LogP contribution in [0.5, 0.6) is 5.75 Å². The maximum atomic E-state index is 12.0. The van der Waals surface area contributed by atoms with Crippen molar-refractivity contribution >= 4 is 21.7 Å². The summed E-state index contributed by atoms with van der Waals surface area (Å²) in [5.41, 5.74) is 1.69. The van der Waals surface area contributed by atoms with Gasteiger partial charge in [0.2, 0.25) is 5.91 Å². The minimum Gasteiger partial charge on any atom is -0.491 e. The lowest BCUT2D eigenvalue weighted by molar-refractivity contribution is -0.114.